The largest absolute Gasteiger partial charge is 0.480 e. The summed E-state index contributed by atoms with van der Waals surface area (Å²) in [6.45, 7) is 1.86. The molecule has 0 radical (unpaired) electrons. The van der Waals surface area contributed by atoms with Gasteiger partial charge in [0.05, 0.1) is 10.3 Å². The minimum atomic E-state index is -0.895. The number of nitrogens with zero attached hydrogens (tertiary/aromatic N) is 1. The third-order valence-corrected chi connectivity index (χ3v) is 4.09. The molecule has 2 rings (SSSR count). The fraction of sp³-hybridized carbons (Fsp3) is 0.364. The van der Waals surface area contributed by atoms with Crippen LogP contribution in [0.25, 0.3) is 0 Å². The first-order chi connectivity index (χ1) is 8.49. The van der Waals surface area contributed by atoms with Crippen molar-refractivity contribution in [2.45, 2.75) is 18.3 Å². The summed E-state index contributed by atoms with van der Waals surface area (Å²) >= 11 is 1.45. The molecular formula is C11H12N2O4S. The van der Waals surface area contributed by atoms with Crippen LogP contribution in [0.1, 0.15) is 16.5 Å². The summed E-state index contributed by atoms with van der Waals surface area (Å²) in [5, 5.41) is 22.4. The van der Waals surface area contributed by atoms with Crippen molar-refractivity contribution in [2.75, 3.05) is 5.75 Å². The molecule has 2 N–H and O–H groups in total. The molecule has 96 valence electrons. The highest BCUT2D eigenvalue weighted by atomic mass is 32.2. The lowest BCUT2D eigenvalue weighted by atomic mass is 10.1. The normalized spacial score (nSPS) is 22.9. The summed E-state index contributed by atoms with van der Waals surface area (Å²) in [5.74, 6) is -0.435. The number of non-ortho nitro benzene ring substituents is 1. The Morgan fingerprint density at radius 1 is 1.61 bits per heavy atom. The van der Waals surface area contributed by atoms with Crippen molar-refractivity contribution < 1.29 is 14.8 Å². The summed E-state index contributed by atoms with van der Waals surface area (Å²) in [4.78, 5) is 21.1. The van der Waals surface area contributed by atoms with Crippen LogP contribution in [0.15, 0.2) is 18.2 Å². The molecule has 0 saturated carbocycles. The zero-order valence-electron chi connectivity index (χ0n) is 9.62. The van der Waals surface area contributed by atoms with Crippen molar-refractivity contribution in [1.82, 2.24) is 5.32 Å². The number of nitro benzene ring substituents is 1. The molecular weight excluding hydrogens is 256 g/mol. The summed E-state index contributed by atoms with van der Waals surface area (Å²) < 4.78 is 0. The topological polar surface area (TPSA) is 92.5 Å². The quantitative estimate of drug-likeness (QED) is 0.640. The first-order valence-electron chi connectivity index (χ1n) is 5.34. The zero-order chi connectivity index (χ0) is 13.3. The lowest BCUT2D eigenvalue weighted by molar-refractivity contribution is -0.384. The van der Waals surface area contributed by atoms with Crippen molar-refractivity contribution in [3.05, 3.63) is 39.4 Å². The first-order valence-corrected chi connectivity index (χ1v) is 6.39. The minimum absolute atomic E-state index is 0.0248. The Morgan fingerprint density at radius 2 is 2.33 bits per heavy atom. The highest BCUT2D eigenvalue weighted by Crippen LogP contribution is 2.35. The average molecular weight is 268 g/mol. The number of carboxylic acid groups (broad SMARTS) is 1. The van der Waals surface area contributed by atoms with Crippen molar-refractivity contribution >= 4 is 23.4 Å². The summed E-state index contributed by atoms with van der Waals surface area (Å²) in [5.41, 5.74) is 1.71. The van der Waals surface area contributed by atoms with Gasteiger partial charge in [0.25, 0.3) is 5.69 Å². The fourth-order valence-corrected chi connectivity index (χ4v) is 3.14. The predicted molar refractivity (Wildman–Crippen MR) is 67.6 cm³/mol. The van der Waals surface area contributed by atoms with Gasteiger partial charge in [-0.25, -0.2) is 0 Å². The molecule has 1 aromatic rings. The number of rotatable bonds is 3. The van der Waals surface area contributed by atoms with Crippen LogP contribution in [0, 0.1) is 17.0 Å². The van der Waals surface area contributed by atoms with Gasteiger partial charge in [-0.15, -0.1) is 11.8 Å². The summed E-state index contributed by atoms with van der Waals surface area (Å²) in [6, 6.07) is 4.04. The summed E-state index contributed by atoms with van der Waals surface area (Å²) in [7, 11) is 0. The van der Waals surface area contributed by atoms with Gasteiger partial charge in [-0.1, -0.05) is 6.07 Å². The number of hydrogen-bond donors (Lipinski definition) is 2. The van der Waals surface area contributed by atoms with E-state index in [1.807, 2.05) is 6.92 Å². The molecule has 1 saturated heterocycles. The molecule has 1 aliphatic heterocycles. The monoisotopic (exact) mass is 268 g/mol. The van der Waals surface area contributed by atoms with Crippen molar-refractivity contribution in [3.63, 3.8) is 0 Å². The molecule has 0 bridgehead atoms. The van der Waals surface area contributed by atoms with E-state index in [1.165, 1.54) is 23.9 Å². The third-order valence-electron chi connectivity index (χ3n) is 2.84. The van der Waals surface area contributed by atoms with E-state index >= 15 is 0 Å². The Morgan fingerprint density at radius 3 is 2.89 bits per heavy atom. The van der Waals surface area contributed by atoms with Gasteiger partial charge in [-0.2, -0.15) is 0 Å². The lowest BCUT2D eigenvalue weighted by Crippen LogP contribution is -2.33. The van der Waals surface area contributed by atoms with Crippen LogP contribution in [0.3, 0.4) is 0 Å². The van der Waals surface area contributed by atoms with Gasteiger partial charge in [-0.05, 0) is 18.1 Å². The van der Waals surface area contributed by atoms with Gasteiger partial charge in [0.15, 0.2) is 0 Å². The van der Waals surface area contributed by atoms with Gasteiger partial charge in [0, 0.05) is 17.9 Å². The molecule has 1 aromatic carbocycles. The summed E-state index contributed by atoms with van der Waals surface area (Å²) in [6.07, 6.45) is 0. The number of benzene rings is 1. The minimum Gasteiger partial charge on any atom is -0.480 e. The SMILES string of the molecule is Cc1ccc([N+](=O)[O-])cc1C1NC(C(=O)O)CS1. The highest BCUT2D eigenvalue weighted by molar-refractivity contribution is 7.99. The molecule has 2 unspecified atom stereocenters. The lowest BCUT2D eigenvalue weighted by Gasteiger charge is -2.13. The van der Waals surface area contributed by atoms with Crippen molar-refractivity contribution in [2.24, 2.45) is 0 Å². The number of carbonyl (C=O) groups is 1. The molecule has 18 heavy (non-hydrogen) atoms. The van der Waals surface area contributed by atoms with Crippen LogP contribution < -0.4 is 5.32 Å². The second-order valence-electron chi connectivity index (χ2n) is 4.07. The smallest absolute Gasteiger partial charge is 0.321 e. The Bertz CT molecular complexity index is 506. The van der Waals surface area contributed by atoms with Crippen LogP contribution in [-0.4, -0.2) is 27.8 Å². The number of carboxylic acids is 1. The van der Waals surface area contributed by atoms with Crippen LogP contribution in [0.5, 0.6) is 0 Å². The molecule has 0 aromatic heterocycles. The molecule has 1 heterocycles. The molecule has 2 atom stereocenters. The Balaban J connectivity index is 2.26. The standard InChI is InChI=1S/C11H12N2O4S/c1-6-2-3-7(13(16)17)4-8(6)10-12-9(5-18-10)11(14)15/h2-4,9-10,12H,5H2,1H3,(H,14,15). The van der Waals surface area contributed by atoms with E-state index in [0.717, 1.165) is 11.1 Å². The van der Waals surface area contributed by atoms with E-state index in [4.69, 9.17) is 5.11 Å². The van der Waals surface area contributed by atoms with Crippen LogP contribution in [0.2, 0.25) is 0 Å². The number of hydrogen-bond acceptors (Lipinski definition) is 5. The number of aliphatic carboxylic acids is 1. The first kappa shape index (κ1) is 12.8. The molecule has 1 fully saturated rings. The Kier molecular flexibility index (Phi) is 3.53. The maximum Gasteiger partial charge on any atom is 0.321 e. The number of nitro groups is 1. The Labute approximate surface area is 108 Å². The van der Waals surface area contributed by atoms with E-state index in [0.29, 0.717) is 5.75 Å². The second kappa shape index (κ2) is 4.95. The van der Waals surface area contributed by atoms with Crippen molar-refractivity contribution in [1.29, 1.82) is 0 Å². The molecule has 1 aliphatic rings. The molecule has 6 nitrogen and oxygen atoms in total. The van der Waals surface area contributed by atoms with E-state index in [-0.39, 0.29) is 11.1 Å². The Hall–Kier alpha value is -1.60. The number of aryl methyl sites for hydroxylation is 1. The van der Waals surface area contributed by atoms with E-state index in [1.54, 1.807) is 6.07 Å². The molecule has 0 amide bonds. The van der Waals surface area contributed by atoms with Gasteiger partial charge in [0.2, 0.25) is 0 Å². The van der Waals surface area contributed by atoms with Crippen LogP contribution >= 0.6 is 11.8 Å². The molecule has 0 aliphatic carbocycles. The predicted octanol–water partition coefficient (Wildman–Crippen LogP) is 1.69. The van der Waals surface area contributed by atoms with Gasteiger partial charge in [-0.3, -0.25) is 20.2 Å². The van der Waals surface area contributed by atoms with Crippen LogP contribution in [-0.2, 0) is 4.79 Å². The highest BCUT2D eigenvalue weighted by Gasteiger charge is 2.31. The van der Waals surface area contributed by atoms with E-state index in [9.17, 15) is 14.9 Å². The van der Waals surface area contributed by atoms with Crippen molar-refractivity contribution in [3.8, 4) is 0 Å². The average Bonchev–Trinajstić information content (AvgIpc) is 2.78. The zero-order valence-corrected chi connectivity index (χ0v) is 10.4. The van der Waals surface area contributed by atoms with Gasteiger partial charge >= 0.3 is 5.97 Å². The van der Waals surface area contributed by atoms with E-state index < -0.39 is 16.9 Å². The molecule has 0 spiro atoms. The third kappa shape index (κ3) is 2.46. The number of nitrogens with one attached hydrogen (secondary N) is 1. The van der Waals surface area contributed by atoms with Gasteiger partial charge < -0.3 is 5.11 Å². The fourth-order valence-electron chi connectivity index (χ4n) is 1.82. The molecule has 7 heteroatoms. The maximum absolute atomic E-state index is 10.9. The maximum atomic E-state index is 10.9. The van der Waals surface area contributed by atoms with Gasteiger partial charge in [0.1, 0.15) is 6.04 Å². The van der Waals surface area contributed by atoms with E-state index in [2.05, 4.69) is 5.32 Å². The second-order valence-corrected chi connectivity index (χ2v) is 5.21. The number of thioether (sulfide) groups is 1. The van der Waals surface area contributed by atoms with Crippen LogP contribution in [0.4, 0.5) is 5.69 Å².